The molecule has 0 heterocycles. The molecule has 1 aromatic carbocycles. The first kappa shape index (κ1) is 15.7. The average molecular weight is 302 g/mol. The van der Waals surface area contributed by atoms with E-state index in [4.69, 9.17) is 0 Å². The topological polar surface area (TPSA) is 29.1 Å². The Morgan fingerprint density at radius 2 is 1.84 bits per heavy atom. The first-order valence-corrected chi connectivity index (χ1v) is 5.11. The first-order valence-electron chi connectivity index (χ1n) is 5.11. The van der Waals surface area contributed by atoms with Gasteiger partial charge in [-0.25, -0.2) is 8.78 Å². The van der Waals surface area contributed by atoms with Gasteiger partial charge in [0.15, 0.2) is 11.6 Å². The van der Waals surface area contributed by atoms with Crippen molar-refractivity contribution in [2.45, 2.75) is 24.6 Å². The molecule has 2 rings (SSSR count). The van der Waals surface area contributed by atoms with Crippen LogP contribution in [0.1, 0.15) is 17.9 Å². The molecule has 0 bridgehead atoms. The van der Waals surface area contributed by atoms with Crippen molar-refractivity contribution in [1.82, 2.24) is 5.32 Å². The molecule has 2 unspecified atom stereocenters. The molecule has 1 fully saturated rings. The maximum Gasteiger partial charge on any atom is 0.471 e. The molecule has 106 valence electrons. The second-order valence-electron chi connectivity index (χ2n) is 4.09. The maximum atomic E-state index is 12.9. The van der Waals surface area contributed by atoms with Crippen LogP contribution in [0.4, 0.5) is 22.0 Å². The molecule has 8 heteroatoms. The van der Waals surface area contributed by atoms with E-state index in [-0.39, 0.29) is 18.8 Å². The van der Waals surface area contributed by atoms with Gasteiger partial charge < -0.3 is 5.32 Å². The van der Waals surface area contributed by atoms with E-state index in [1.807, 2.05) is 0 Å². The predicted octanol–water partition coefficient (Wildman–Crippen LogP) is 2.92. The van der Waals surface area contributed by atoms with Gasteiger partial charge in [-0.15, -0.1) is 12.4 Å². The summed E-state index contributed by atoms with van der Waals surface area (Å²) in [5, 5.41) is 1.80. The van der Waals surface area contributed by atoms with Gasteiger partial charge in [-0.1, -0.05) is 6.07 Å². The van der Waals surface area contributed by atoms with Crippen LogP contribution in [0.15, 0.2) is 18.2 Å². The fourth-order valence-corrected chi connectivity index (χ4v) is 1.72. The Labute approximate surface area is 111 Å². The first-order chi connectivity index (χ1) is 8.29. The summed E-state index contributed by atoms with van der Waals surface area (Å²) >= 11 is 0. The molecule has 0 aromatic heterocycles. The van der Waals surface area contributed by atoms with E-state index in [9.17, 15) is 26.7 Å². The van der Waals surface area contributed by atoms with Crippen LogP contribution in [-0.2, 0) is 4.79 Å². The number of nitrogens with one attached hydrogen (secondary N) is 1. The highest BCUT2D eigenvalue weighted by atomic mass is 35.5. The number of alkyl halides is 3. The lowest BCUT2D eigenvalue weighted by atomic mass is 10.1. The Morgan fingerprint density at radius 3 is 2.37 bits per heavy atom. The number of carbonyl (C=O) groups is 1. The Balaban J connectivity index is 0.00000180. The summed E-state index contributed by atoms with van der Waals surface area (Å²) in [5.74, 6) is -4.49. The fraction of sp³-hybridized carbons (Fsp3) is 0.364. The zero-order valence-corrected chi connectivity index (χ0v) is 10.1. The molecule has 1 N–H and O–H groups in total. The van der Waals surface area contributed by atoms with Crippen molar-refractivity contribution >= 4 is 18.3 Å². The van der Waals surface area contributed by atoms with Crippen molar-refractivity contribution in [1.29, 1.82) is 0 Å². The lowest BCUT2D eigenvalue weighted by Crippen LogP contribution is -2.38. The molecule has 0 radical (unpaired) electrons. The number of benzene rings is 1. The Kier molecular flexibility index (Phi) is 4.39. The third kappa shape index (κ3) is 3.56. The number of amides is 1. The number of hydrogen-bond donors (Lipinski definition) is 1. The highest BCUT2D eigenvalue weighted by molar-refractivity contribution is 5.85. The van der Waals surface area contributed by atoms with Gasteiger partial charge in [0.25, 0.3) is 0 Å². The average Bonchev–Trinajstić information content (AvgIpc) is 3.00. The molecular weight excluding hydrogens is 293 g/mol. The van der Waals surface area contributed by atoms with E-state index in [0.717, 1.165) is 12.1 Å². The van der Waals surface area contributed by atoms with Gasteiger partial charge in [-0.05, 0) is 24.1 Å². The van der Waals surface area contributed by atoms with Crippen molar-refractivity contribution in [2.75, 3.05) is 0 Å². The van der Waals surface area contributed by atoms with Crippen LogP contribution >= 0.6 is 12.4 Å². The summed E-state index contributed by atoms with van der Waals surface area (Å²) in [5.41, 5.74) is 0.376. The molecule has 1 amide bonds. The summed E-state index contributed by atoms with van der Waals surface area (Å²) < 4.78 is 61.4. The van der Waals surface area contributed by atoms with Gasteiger partial charge >= 0.3 is 12.1 Å². The quantitative estimate of drug-likeness (QED) is 0.836. The summed E-state index contributed by atoms with van der Waals surface area (Å²) in [6, 6.07) is 2.46. The SMILES string of the molecule is Cl.O=C(NC1CC1c1ccc(F)c(F)c1)C(F)(F)F. The number of carbonyl (C=O) groups excluding carboxylic acids is 1. The number of hydrogen-bond acceptors (Lipinski definition) is 1. The van der Waals surface area contributed by atoms with E-state index in [0.29, 0.717) is 5.56 Å². The van der Waals surface area contributed by atoms with E-state index >= 15 is 0 Å². The van der Waals surface area contributed by atoms with Crippen LogP contribution < -0.4 is 5.32 Å². The summed E-state index contributed by atoms with van der Waals surface area (Å²) in [4.78, 5) is 10.6. The molecule has 2 nitrogen and oxygen atoms in total. The van der Waals surface area contributed by atoms with Crippen molar-refractivity contribution in [3.8, 4) is 0 Å². The van der Waals surface area contributed by atoms with E-state index in [1.54, 1.807) is 5.32 Å². The van der Waals surface area contributed by atoms with E-state index in [2.05, 4.69) is 0 Å². The molecule has 1 aromatic rings. The molecule has 1 aliphatic rings. The molecule has 0 aliphatic heterocycles. The largest absolute Gasteiger partial charge is 0.471 e. The van der Waals surface area contributed by atoms with Crippen LogP contribution in [-0.4, -0.2) is 18.1 Å². The Hall–Kier alpha value is -1.37. The van der Waals surface area contributed by atoms with Crippen LogP contribution in [0.5, 0.6) is 0 Å². The van der Waals surface area contributed by atoms with Gasteiger partial charge in [0.05, 0.1) is 0 Å². The van der Waals surface area contributed by atoms with E-state index < -0.39 is 35.7 Å². The zero-order chi connectivity index (χ0) is 13.5. The lowest BCUT2D eigenvalue weighted by Gasteiger charge is -2.07. The minimum Gasteiger partial charge on any atom is -0.345 e. The van der Waals surface area contributed by atoms with Gasteiger partial charge in [-0.3, -0.25) is 4.79 Å². The molecule has 1 aliphatic carbocycles. The standard InChI is InChI=1S/C11H8F5NO.ClH/c12-7-2-1-5(3-8(7)13)6-4-9(6)17-10(18)11(14,15)16;/h1-3,6,9H,4H2,(H,17,18);1H. The smallest absolute Gasteiger partial charge is 0.345 e. The van der Waals surface area contributed by atoms with Crippen LogP contribution in [0.25, 0.3) is 0 Å². The lowest BCUT2D eigenvalue weighted by molar-refractivity contribution is -0.173. The molecule has 0 spiro atoms. The van der Waals surface area contributed by atoms with Gasteiger partial charge in [-0.2, -0.15) is 13.2 Å². The van der Waals surface area contributed by atoms with Gasteiger partial charge in [0.1, 0.15) is 0 Å². The minimum atomic E-state index is -4.93. The third-order valence-corrected chi connectivity index (χ3v) is 2.74. The van der Waals surface area contributed by atoms with Gasteiger partial charge in [0.2, 0.25) is 0 Å². The Bertz CT molecular complexity index is 490. The van der Waals surface area contributed by atoms with Crippen molar-refractivity contribution < 1.29 is 26.7 Å². The maximum absolute atomic E-state index is 12.9. The molecule has 19 heavy (non-hydrogen) atoms. The van der Waals surface area contributed by atoms with Crippen LogP contribution in [0, 0.1) is 11.6 Å². The molecular formula is C11H9ClF5NO. The normalized spacial score (nSPS) is 21.5. The summed E-state index contributed by atoms with van der Waals surface area (Å²) in [6.45, 7) is 0. The number of rotatable bonds is 2. The van der Waals surface area contributed by atoms with Crippen molar-refractivity contribution in [3.63, 3.8) is 0 Å². The van der Waals surface area contributed by atoms with E-state index in [1.165, 1.54) is 6.07 Å². The predicted molar refractivity (Wildman–Crippen MR) is 58.9 cm³/mol. The zero-order valence-electron chi connectivity index (χ0n) is 9.30. The fourth-order valence-electron chi connectivity index (χ4n) is 1.72. The molecule has 2 atom stereocenters. The summed E-state index contributed by atoms with van der Waals surface area (Å²) in [6.07, 6.45) is -4.64. The highest BCUT2D eigenvalue weighted by Crippen LogP contribution is 2.41. The summed E-state index contributed by atoms with van der Waals surface area (Å²) in [7, 11) is 0. The van der Waals surface area contributed by atoms with Crippen LogP contribution in [0.2, 0.25) is 0 Å². The second kappa shape index (κ2) is 5.32. The Morgan fingerprint density at radius 1 is 1.21 bits per heavy atom. The van der Waals surface area contributed by atoms with Crippen molar-refractivity contribution in [3.05, 3.63) is 35.4 Å². The molecule has 1 saturated carbocycles. The minimum absolute atomic E-state index is 0. The molecule has 0 saturated heterocycles. The highest BCUT2D eigenvalue weighted by Gasteiger charge is 2.46. The monoisotopic (exact) mass is 301 g/mol. The van der Waals surface area contributed by atoms with Crippen molar-refractivity contribution in [2.24, 2.45) is 0 Å². The van der Waals surface area contributed by atoms with Gasteiger partial charge in [0, 0.05) is 12.0 Å². The number of halogens is 6. The van der Waals surface area contributed by atoms with Crippen LogP contribution in [0.3, 0.4) is 0 Å². The second-order valence-corrected chi connectivity index (χ2v) is 4.09. The third-order valence-electron chi connectivity index (χ3n) is 2.74.